The van der Waals surface area contributed by atoms with E-state index in [4.69, 9.17) is 9.90 Å². The smallest absolute Gasteiger partial charge is 0.475 e. The number of halogens is 6. The molecule has 41 heavy (non-hydrogen) atoms. The van der Waals surface area contributed by atoms with Gasteiger partial charge in [0, 0.05) is 55.3 Å². The molecule has 0 atom stereocenters. The van der Waals surface area contributed by atoms with E-state index in [-0.39, 0.29) is 22.9 Å². The van der Waals surface area contributed by atoms with Gasteiger partial charge in [-0.3, -0.25) is 9.59 Å². The molecular formula is C25H20F6N6O4. The molecule has 0 fully saturated rings. The number of hydrogen-bond acceptors (Lipinski definition) is 7. The maximum Gasteiger partial charge on any atom is 0.490 e. The molecule has 0 unspecified atom stereocenters. The molecule has 10 nitrogen and oxygen atoms in total. The number of amides is 1. The molecule has 0 saturated carbocycles. The minimum absolute atomic E-state index is 0.138. The van der Waals surface area contributed by atoms with Crippen LogP contribution in [0.5, 0.6) is 0 Å². The van der Waals surface area contributed by atoms with E-state index < -0.39 is 35.6 Å². The molecule has 0 aliphatic rings. The maximum absolute atomic E-state index is 13.5. The first-order valence-corrected chi connectivity index (χ1v) is 11.3. The molecule has 4 rings (SSSR count). The van der Waals surface area contributed by atoms with Crippen LogP contribution in [0, 0.1) is 0 Å². The summed E-state index contributed by atoms with van der Waals surface area (Å²) in [6, 6.07) is 11.0. The Balaban J connectivity index is 0.000000587. The summed E-state index contributed by atoms with van der Waals surface area (Å²) in [5.74, 6) is -3.73. The Hall–Kier alpha value is -5.15. The second-order valence-corrected chi connectivity index (χ2v) is 8.37. The number of carbonyl (C=O) groups is 3. The zero-order chi connectivity index (χ0) is 30.5. The topological polar surface area (TPSA) is 140 Å². The normalized spacial score (nSPS) is 11.3. The highest BCUT2D eigenvalue weighted by Gasteiger charge is 2.38. The Morgan fingerprint density at radius 3 is 2.17 bits per heavy atom. The van der Waals surface area contributed by atoms with E-state index in [0.717, 1.165) is 6.20 Å². The predicted molar refractivity (Wildman–Crippen MR) is 135 cm³/mol. The summed E-state index contributed by atoms with van der Waals surface area (Å²) in [4.78, 5) is 45.5. The Morgan fingerprint density at radius 2 is 1.61 bits per heavy atom. The third kappa shape index (κ3) is 7.71. The van der Waals surface area contributed by atoms with E-state index in [1.54, 1.807) is 36.4 Å². The molecule has 0 aliphatic carbocycles. The molecule has 16 heteroatoms. The van der Waals surface area contributed by atoms with Crippen LogP contribution in [0.2, 0.25) is 0 Å². The number of aliphatic carboxylic acids is 1. The monoisotopic (exact) mass is 582 g/mol. The number of Topliss-reactive ketones (excluding diaryl/α,β-unsaturated/α-hetero) is 1. The van der Waals surface area contributed by atoms with Gasteiger partial charge >= 0.3 is 18.3 Å². The number of hydrogen-bond donors (Lipinski definition) is 4. The first kappa shape index (κ1) is 30.4. The highest BCUT2D eigenvalue weighted by molar-refractivity contribution is 6.44. The summed E-state index contributed by atoms with van der Waals surface area (Å²) < 4.78 is 72.2. The molecule has 3 aromatic heterocycles. The largest absolute Gasteiger partial charge is 0.490 e. The standard InChI is InChI=1S/C23H19F3N6O2.C2HF3O2/c1-32(2)22(34)21(33)15-11-28-17-7-6-13(9-14(15)17)30-20-10-18(16(12-29-20)23(24,25)26)31-19-5-3-4-8-27-19;3-2(4,5)1(6)7/h3-12,28H,1-2H3,(H2,27,29,30,31);(H,6,7). The van der Waals surface area contributed by atoms with Crippen LogP contribution in [0.25, 0.3) is 10.9 Å². The number of likely N-dealkylation sites (N-methyl/N-ethyl adjacent to an activating group) is 1. The van der Waals surface area contributed by atoms with E-state index in [9.17, 15) is 35.9 Å². The first-order valence-electron chi connectivity index (χ1n) is 11.3. The minimum Gasteiger partial charge on any atom is -0.475 e. The number of carbonyl (C=O) groups excluding carboxylic acids is 2. The van der Waals surface area contributed by atoms with E-state index >= 15 is 0 Å². The number of nitrogens with zero attached hydrogens (tertiary/aromatic N) is 3. The minimum atomic E-state index is -5.08. The lowest BCUT2D eigenvalue weighted by Gasteiger charge is -2.15. The van der Waals surface area contributed by atoms with Gasteiger partial charge < -0.3 is 25.6 Å². The van der Waals surface area contributed by atoms with E-state index in [1.165, 1.54) is 37.5 Å². The Morgan fingerprint density at radius 1 is 0.927 bits per heavy atom. The number of anilines is 4. The average molecular weight is 582 g/mol. The van der Waals surface area contributed by atoms with Gasteiger partial charge in [0.05, 0.1) is 16.8 Å². The number of aromatic nitrogens is 3. The van der Waals surface area contributed by atoms with Crippen molar-refractivity contribution in [1.82, 2.24) is 19.9 Å². The number of carboxylic acid groups (broad SMARTS) is 1. The van der Waals surface area contributed by atoms with Crippen LogP contribution in [-0.4, -0.2) is 62.9 Å². The van der Waals surface area contributed by atoms with Crippen molar-refractivity contribution in [3.05, 3.63) is 72.2 Å². The Labute approximate surface area is 227 Å². The van der Waals surface area contributed by atoms with Crippen molar-refractivity contribution in [2.75, 3.05) is 24.7 Å². The quantitative estimate of drug-likeness (QED) is 0.135. The van der Waals surface area contributed by atoms with Crippen molar-refractivity contribution in [2.45, 2.75) is 12.4 Å². The summed E-state index contributed by atoms with van der Waals surface area (Å²) in [5, 5.41) is 13.2. The fraction of sp³-hybridized carbons (Fsp3) is 0.160. The van der Waals surface area contributed by atoms with Crippen molar-refractivity contribution in [3.8, 4) is 0 Å². The van der Waals surface area contributed by atoms with Gasteiger partial charge in [-0.2, -0.15) is 26.3 Å². The number of alkyl halides is 6. The van der Waals surface area contributed by atoms with Crippen molar-refractivity contribution >= 4 is 51.6 Å². The SMILES string of the molecule is CN(C)C(=O)C(=O)c1c[nH]c2ccc(Nc3cc(Nc4ccccn4)c(C(F)(F)F)cn3)cc12.O=C(O)C(F)(F)F. The van der Waals surface area contributed by atoms with Gasteiger partial charge in [-0.25, -0.2) is 14.8 Å². The van der Waals surface area contributed by atoms with Crippen LogP contribution in [0.3, 0.4) is 0 Å². The molecule has 3 heterocycles. The third-order valence-electron chi connectivity index (χ3n) is 5.18. The number of nitrogens with one attached hydrogen (secondary N) is 3. The molecule has 0 radical (unpaired) electrons. The lowest BCUT2D eigenvalue weighted by atomic mass is 10.1. The number of ketones is 1. The van der Waals surface area contributed by atoms with Gasteiger partial charge in [0.15, 0.2) is 0 Å². The zero-order valence-electron chi connectivity index (χ0n) is 21.1. The van der Waals surface area contributed by atoms with Crippen molar-refractivity contribution in [3.63, 3.8) is 0 Å². The van der Waals surface area contributed by atoms with Crippen LogP contribution in [0.15, 0.2) is 61.1 Å². The molecule has 0 saturated heterocycles. The van der Waals surface area contributed by atoms with Crippen LogP contribution in [-0.2, 0) is 15.8 Å². The first-order chi connectivity index (χ1) is 19.1. The molecular weight excluding hydrogens is 562 g/mol. The summed E-state index contributed by atoms with van der Waals surface area (Å²) in [5.41, 5.74) is 0.113. The summed E-state index contributed by atoms with van der Waals surface area (Å²) >= 11 is 0. The number of pyridine rings is 2. The molecule has 0 bridgehead atoms. The third-order valence-corrected chi connectivity index (χ3v) is 5.18. The number of aromatic amines is 1. The maximum atomic E-state index is 13.5. The highest BCUT2D eigenvalue weighted by atomic mass is 19.4. The summed E-state index contributed by atoms with van der Waals surface area (Å²) in [7, 11) is 2.96. The molecule has 1 aromatic carbocycles. The van der Waals surface area contributed by atoms with Crippen molar-refractivity contribution in [1.29, 1.82) is 0 Å². The van der Waals surface area contributed by atoms with Crippen LogP contribution < -0.4 is 10.6 Å². The summed E-state index contributed by atoms with van der Waals surface area (Å²) in [6.45, 7) is 0. The Bertz CT molecular complexity index is 1570. The number of rotatable bonds is 6. The lowest BCUT2D eigenvalue weighted by molar-refractivity contribution is -0.192. The summed E-state index contributed by atoms with van der Waals surface area (Å²) in [6.07, 6.45) is -6.07. The second kappa shape index (κ2) is 11.9. The fourth-order valence-electron chi connectivity index (χ4n) is 3.28. The Kier molecular flexibility index (Phi) is 8.84. The molecule has 4 aromatic rings. The molecule has 0 aliphatic heterocycles. The van der Waals surface area contributed by atoms with Crippen molar-refractivity contribution in [2.24, 2.45) is 0 Å². The van der Waals surface area contributed by atoms with E-state index in [2.05, 4.69) is 25.6 Å². The average Bonchev–Trinajstić information content (AvgIpc) is 3.31. The number of benzene rings is 1. The predicted octanol–water partition coefficient (Wildman–Crippen LogP) is 5.37. The molecule has 216 valence electrons. The number of carboxylic acids is 1. The second-order valence-electron chi connectivity index (χ2n) is 8.37. The van der Waals surface area contributed by atoms with E-state index in [0.29, 0.717) is 16.6 Å². The van der Waals surface area contributed by atoms with Gasteiger partial charge in [0.25, 0.3) is 11.7 Å². The van der Waals surface area contributed by atoms with Gasteiger partial charge in [-0.05, 0) is 30.3 Å². The highest BCUT2D eigenvalue weighted by Crippen LogP contribution is 2.37. The fourth-order valence-corrected chi connectivity index (χ4v) is 3.28. The molecule has 1 amide bonds. The van der Waals surface area contributed by atoms with Gasteiger partial charge in [-0.1, -0.05) is 6.07 Å². The van der Waals surface area contributed by atoms with Gasteiger partial charge in [-0.15, -0.1) is 0 Å². The van der Waals surface area contributed by atoms with Crippen LogP contribution in [0.1, 0.15) is 15.9 Å². The lowest BCUT2D eigenvalue weighted by Crippen LogP contribution is -2.29. The number of H-pyrrole nitrogens is 1. The van der Waals surface area contributed by atoms with E-state index in [1.807, 2.05) is 0 Å². The molecule has 4 N–H and O–H groups in total. The number of fused-ring (bicyclic) bond motifs is 1. The van der Waals surface area contributed by atoms with Crippen LogP contribution in [0.4, 0.5) is 49.4 Å². The van der Waals surface area contributed by atoms with Crippen LogP contribution >= 0.6 is 0 Å². The van der Waals surface area contributed by atoms with Gasteiger partial charge in [0.1, 0.15) is 11.6 Å². The van der Waals surface area contributed by atoms with Crippen molar-refractivity contribution < 1.29 is 45.8 Å². The zero-order valence-corrected chi connectivity index (χ0v) is 21.1. The molecule has 0 spiro atoms. The van der Waals surface area contributed by atoms with Gasteiger partial charge in [0.2, 0.25) is 0 Å².